The van der Waals surface area contributed by atoms with Gasteiger partial charge in [-0.3, -0.25) is 9.89 Å². The Morgan fingerprint density at radius 3 is 2.18 bits per heavy atom. The van der Waals surface area contributed by atoms with Crippen molar-refractivity contribution in [3.05, 3.63) is 82.3 Å². The highest BCUT2D eigenvalue weighted by molar-refractivity contribution is 6.36. The zero-order valence-corrected chi connectivity index (χ0v) is 21.5. The number of aliphatic imine (C=N–C) groups is 1. The fourth-order valence-corrected chi connectivity index (χ4v) is 3.56. The van der Waals surface area contributed by atoms with Crippen LogP contribution in [0.3, 0.4) is 0 Å². The molecule has 2 N–H and O–H groups in total. The summed E-state index contributed by atoms with van der Waals surface area (Å²) >= 11 is 18.5. The number of hydrogen-bond acceptors (Lipinski definition) is 3. The largest absolute Gasteiger partial charge is 0.394 e. The summed E-state index contributed by atoms with van der Waals surface area (Å²) in [7, 11) is 0. The maximum absolute atomic E-state index is 8.61. The van der Waals surface area contributed by atoms with Gasteiger partial charge in [-0.15, -0.1) is 6.58 Å². The molecule has 0 bridgehead atoms. The monoisotopic (exact) mass is 510 g/mol. The van der Waals surface area contributed by atoms with Crippen molar-refractivity contribution in [2.24, 2.45) is 4.99 Å². The molecule has 2 aromatic rings. The summed E-state index contributed by atoms with van der Waals surface area (Å²) in [5.41, 5.74) is 2.41. The molecule has 33 heavy (non-hydrogen) atoms. The molecule has 0 aliphatic carbocycles. The summed E-state index contributed by atoms with van der Waals surface area (Å²) in [6, 6.07) is 12.9. The minimum Gasteiger partial charge on any atom is -0.394 e. The second-order valence-corrected chi connectivity index (χ2v) is 8.58. The molecule has 1 unspecified atom stereocenters. The quantitative estimate of drug-likeness (QED) is 0.196. The minimum absolute atomic E-state index is 0.103. The van der Waals surface area contributed by atoms with Crippen molar-refractivity contribution in [1.82, 2.24) is 0 Å². The lowest BCUT2D eigenvalue weighted by Gasteiger charge is -2.29. The lowest BCUT2D eigenvalue weighted by molar-refractivity contribution is 0.0877. The first kappa shape index (κ1) is 29.2. The molecular weight excluding hydrogens is 479 g/mol. The predicted octanol–water partition coefficient (Wildman–Crippen LogP) is 7.65. The van der Waals surface area contributed by atoms with E-state index in [0.717, 1.165) is 36.5 Å². The van der Waals surface area contributed by atoms with E-state index in [2.05, 4.69) is 20.1 Å². The number of benzene rings is 2. The Labute approximate surface area is 212 Å². The van der Waals surface area contributed by atoms with Gasteiger partial charge in [0.15, 0.2) is 0 Å². The highest BCUT2D eigenvalue weighted by Gasteiger charge is 2.19. The Morgan fingerprint density at radius 1 is 1.06 bits per heavy atom. The predicted molar refractivity (Wildman–Crippen MR) is 145 cm³/mol. The van der Waals surface area contributed by atoms with Crippen LogP contribution in [0, 0.1) is 0 Å². The molecule has 180 valence electrons. The average molecular weight is 512 g/mol. The molecule has 2 aromatic carbocycles. The molecule has 0 saturated heterocycles. The standard InChI is InChI=1S/C21H21Cl3N2.C5H12O2/c1-4-6-21(25-13-5-2)26(18-10-7-16(22)8-11-18)15(3)19-12-9-17(23)14-20(19)24;1-2-3-5(7)4-6/h4,7-12,14H,1,3,5-6,13H2,2H3;5-7H,2-4H2,1H3. The molecule has 0 aliphatic heterocycles. The second kappa shape index (κ2) is 15.9. The Morgan fingerprint density at radius 2 is 1.70 bits per heavy atom. The summed E-state index contributed by atoms with van der Waals surface area (Å²) in [5.74, 6) is 0.847. The molecular formula is C26H33Cl3N2O2. The van der Waals surface area contributed by atoms with E-state index in [1.54, 1.807) is 12.1 Å². The summed E-state index contributed by atoms with van der Waals surface area (Å²) < 4.78 is 0. The van der Waals surface area contributed by atoms with Gasteiger partial charge in [-0.25, -0.2) is 0 Å². The molecule has 0 spiro atoms. The smallest absolute Gasteiger partial charge is 0.112 e. The van der Waals surface area contributed by atoms with Crippen LogP contribution in [0.15, 0.2) is 66.7 Å². The Bertz CT molecular complexity index is 914. The van der Waals surface area contributed by atoms with E-state index in [-0.39, 0.29) is 6.61 Å². The van der Waals surface area contributed by atoms with Gasteiger partial charge in [0, 0.05) is 40.0 Å². The van der Waals surface area contributed by atoms with E-state index in [1.165, 1.54) is 0 Å². The van der Waals surface area contributed by atoms with Crippen molar-refractivity contribution in [2.45, 2.75) is 45.6 Å². The molecule has 7 heteroatoms. The lowest BCUT2D eigenvalue weighted by Crippen LogP contribution is -2.29. The Kier molecular flexibility index (Phi) is 14.1. The van der Waals surface area contributed by atoms with Crippen LogP contribution >= 0.6 is 34.8 Å². The topological polar surface area (TPSA) is 56.1 Å². The van der Waals surface area contributed by atoms with Gasteiger partial charge in [0.25, 0.3) is 0 Å². The van der Waals surface area contributed by atoms with Crippen LogP contribution in [0.4, 0.5) is 5.69 Å². The fourth-order valence-electron chi connectivity index (χ4n) is 2.92. The van der Waals surface area contributed by atoms with E-state index in [4.69, 9.17) is 50.0 Å². The molecule has 0 saturated carbocycles. The lowest BCUT2D eigenvalue weighted by atomic mass is 10.1. The van der Waals surface area contributed by atoms with Crippen LogP contribution in [0.25, 0.3) is 5.70 Å². The molecule has 4 nitrogen and oxygen atoms in total. The zero-order valence-electron chi connectivity index (χ0n) is 19.3. The number of anilines is 1. The molecule has 0 fully saturated rings. The first-order chi connectivity index (χ1) is 15.8. The van der Waals surface area contributed by atoms with Gasteiger partial charge in [-0.1, -0.05) is 67.7 Å². The number of aliphatic hydroxyl groups excluding tert-OH is 2. The Hall–Kier alpha value is -1.82. The van der Waals surface area contributed by atoms with Gasteiger partial charge < -0.3 is 10.2 Å². The van der Waals surface area contributed by atoms with Gasteiger partial charge in [-0.05, 0) is 55.3 Å². The highest BCUT2D eigenvalue weighted by Crippen LogP contribution is 2.33. The number of aliphatic hydroxyl groups is 2. The van der Waals surface area contributed by atoms with Crippen molar-refractivity contribution in [2.75, 3.05) is 18.1 Å². The third kappa shape index (κ3) is 9.91. The van der Waals surface area contributed by atoms with Crippen molar-refractivity contribution < 1.29 is 10.2 Å². The maximum Gasteiger partial charge on any atom is 0.112 e. The van der Waals surface area contributed by atoms with Crippen LogP contribution in [-0.4, -0.2) is 35.3 Å². The SMILES string of the molecule is C=CCC(=NCCC)N(C(=C)c1ccc(Cl)cc1Cl)c1ccc(Cl)cc1.CCCC(O)CO. The van der Waals surface area contributed by atoms with Crippen LogP contribution in [-0.2, 0) is 0 Å². The van der Waals surface area contributed by atoms with E-state index in [9.17, 15) is 0 Å². The highest BCUT2D eigenvalue weighted by atomic mass is 35.5. The van der Waals surface area contributed by atoms with Crippen LogP contribution in [0.1, 0.15) is 45.1 Å². The van der Waals surface area contributed by atoms with Crippen LogP contribution in [0.5, 0.6) is 0 Å². The first-order valence-corrected chi connectivity index (χ1v) is 12.0. The molecule has 2 rings (SSSR count). The van der Waals surface area contributed by atoms with E-state index >= 15 is 0 Å². The summed E-state index contributed by atoms with van der Waals surface area (Å²) in [5, 5.41) is 18.6. The normalized spacial score (nSPS) is 11.9. The van der Waals surface area contributed by atoms with Gasteiger partial charge >= 0.3 is 0 Å². The summed E-state index contributed by atoms with van der Waals surface area (Å²) in [6.45, 7) is 12.8. The van der Waals surface area contributed by atoms with Crippen molar-refractivity contribution >= 4 is 52.0 Å². The third-order valence-electron chi connectivity index (χ3n) is 4.53. The van der Waals surface area contributed by atoms with Crippen molar-refractivity contribution in [1.29, 1.82) is 0 Å². The minimum atomic E-state index is -0.495. The number of amidine groups is 1. The van der Waals surface area contributed by atoms with Gasteiger partial charge in [-0.2, -0.15) is 0 Å². The molecule has 0 heterocycles. The number of nitrogens with zero attached hydrogens (tertiary/aromatic N) is 2. The summed E-state index contributed by atoms with van der Waals surface area (Å²) in [4.78, 5) is 6.72. The maximum atomic E-state index is 8.61. The molecule has 0 amide bonds. The summed E-state index contributed by atoms with van der Waals surface area (Å²) in [6.07, 6.45) is 4.52. The molecule has 0 aliphatic rings. The average Bonchev–Trinajstić information content (AvgIpc) is 2.79. The van der Waals surface area contributed by atoms with Crippen LogP contribution < -0.4 is 4.90 Å². The van der Waals surface area contributed by atoms with E-state index < -0.39 is 6.10 Å². The third-order valence-corrected chi connectivity index (χ3v) is 5.33. The fraction of sp³-hybridized carbons (Fsp3) is 0.346. The van der Waals surface area contributed by atoms with Gasteiger partial charge in [0.2, 0.25) is 0 Å². The van der Waals surface area contributed by atoms with Gasteiger partial charge in [0.05, 0.1) is 17.7 Å². The molecule has 0 aromatic heterocycles. The Balaban J connectivity index is 0.000000675. The molecule has 0 radical (unpaired) electrons. The first-order valence-electron chi connectivity index (χ1n) is 10.9. The van der Waals surface area contributed by atoms with Gasteiger partial charge in [0.1, 0.15) is 5.84 Å². The van der Waals surface area contributed by atoms with E-state index in [0.29, 0.717) is 33.6 Å². The second-order valence-electron chi connectivity index (χ2n) is 7.30. The van der Waals surface area contributed by atoms with E-state index in [1.807, 2.05) is 48.2 Å². The van der Waals surface area contributed by atoms with Crippen LogP contribution in [0.2, 0.25) is 15.1 Å². The zero-order chi connectivity index (χ0) is 24.8. The number of rotatable bonds is 10. The number of hydrogen-bond donors (Lipinski definition) is 2. The number of halogens is 3. The molecule has 1 atom stereocenters. The van der Waals surface area contributed by atoms with Crippen molar-refractivity contribution in [3.8, 4) is 0 Å². The van der Waals surface area contributed by atoms with Crippen molar-refractivity contribution in [3.63, 3.8) is 0 Å².